The minimum atomic E-state index is -4.15. The molecule has 3 aliphatic heterocycles. The Morgan fingerprint density at radius 3 is 2.39 bits per heavy atom. The summed E-state index contributed by atoms with van der Waals surface area (Å²) in [5, 5.41) is 2.73. The largest absolute Gasteiger partial charge is 0.444 e. The van der Waals surface area contributed by atoms with Crippen LogP contribution in [0.4, 0.5) is 4.79 Å². The lowest BCUT2D eigenvalue weighted by molar-refractivity contribution is -0.140. The Hall–Kier alpha value is -3.25. The van der Waals surface area contributed by atoms with E-state index in [2.05, 4.69) is 10.0 Å². The van der Waals surface area contributed by atoms with Crippen molar-refractivity contribution in [3.63, 3.8) is 0 Å². The van der Waals surface area contributed by atoms with Crippen molar-refractivity contribution in [3.8, 4) is 0 Å². The average molecular weight is 629 g/mol. The van der Waals surface area contributed by atoms with Crippen molar-refractivity contribution >= 4 is 33.9 Å². The minimum Gasteiger partial charge on any atom is -0.444 e. The maximum absolute atomic E-state index is 13.8. The Kier molecular flexibility index (Phi) is 9.23. The number of hydrogen-bond donors (Lipinski definition) is 2. The van der Waals surface area contributed by atoms with Gasteiger partial charge in [0, 0.05) is 26.1 Å². The molecule has 0 bridgehead atoms. The van der Waals surface area contributed by atoms with E-state index >= 15 is 0 Å². The fourth-order valence-electron chi connectivity index (χ4n) is 6.63. The van der Waals surface area contributed by atoms with Gasteiger partial charge in [0.05, 0.1) is 11.5 Å². The zero-order valence-corrected chi connectivity index (χ0v) is 26.7. The van der Waals surface area contributed by atoms with Crippen LogP contribution in [-0.2, 0) is 42.4 Å². The molecule has 5 rings (SSSR count). The molecule has 1 aliphatic carbocycles. The average Bonchev–Trinajstić information content (AvgIpc) is 3.28. The van der Waals surface area contributed by atoms with Crippen LogP contribution in [0.15, 0.2) is 36.4 Å². The number of nitrogens with zero attached hydrogens (tertiary/aromatic N) is 2. The fraction of sp³-hybridized carbons (Fsp3) is 0.625. The lowest BCUT2D eigenvalue weighted by Gasteiger charge is -2.30. The van der Waals surface area contributed by atoms with Gasteiger partial charge < -0.3 is 15.0 Å². The van der Waals surface area contributed by atoms with Crippen molar-refractivity contribution in [1.29, 1.82) is 0 Å². The van der Waals surface area contributed by atoms with E-state index in [0.29, 0.717) is 38.6 Å². The maximum atomic E-state index is 13.8. The summed E-state index contributed by atoms with van der Waals surface area (Å²) in [5.74, 6) is -1.55. The normalized spacial score (nSPS) is 29.0. The second-order valence-corrected chi connectivity index (χ2v) is 15.2. The number of benzene rings is 1. The van der Waals surface area contributed by atoms with Gasteiger partial charge in [-0.3, -0.25) is 14.4 Å². The number of alkyl carbamates (subject to hydrolysis) is 1. The first-order valence-electron chi connectivity index (χ1n) is 15.7. The van der Waals surface area contributed by atoms with Crippen LogP contribution in [0, 0.1) is 11.3 Å². The Balaban J connectivity index is 1.33. The van der Waals surface area contributed by atoms with Gasteiger partial charge >= 0.3 is 16.3 Å². The van der Waals surface area contributed by atoms with Gasteiger partial charge in [0.15, 0.2) is 5.78 Å². The maximum Gasteiger partial charge on any atom is 0.408 e. The number of fused-ring (bicyclic) bond motifs is 3. The van der Waals surface area contributed by atoms with Crippen LogP contribution in [0.3, 0.4) is 0 Å². The quantitative estimate of drug-likeness (QED) is 0.484. The van der Waals surface area contributed by atoms with E-state index in [1.165, 1.54) is 9.21 Å². The van der Waals surface area contributed by atoms with E-state index in [4.69, 9.17) is 4.74 Å². The highest BCUT2D eigenvalue weighted by Crippen LogP contribution is 2.57. The van der Waals surface area contributed by atoms with Gasteiger partial charge in [-0.1, -0.05) is 49.3 Å². The number of hydrogen-bond acceptors (Lipinski definition) is 7. The molecule has 2 fully saturated rings. The number of ketones is 1. The molecule has 0 spiro atoms. The first-order valence-corrected chi connectivity index (χ1v) is 17.1. The molecule has 11 nitrogen and oxygen atoms in total. The first kappa shape index (κ1) is 32.2. The molecule has 0 aromatic heterocycles. The van der Waals surface area contributed by atoms with Crippen LogP contribution >= 0.6 is 0 Å². The van der Waals surface area contributed by atoms with Crippen LogP contribution in [-0.4, -0.2) is 65.5 Å². The number of allylic oxidation sites excluding steroid dienone is 2. The third-order valence-electron chi connectivity index (χ3n) is 9.08. The molecule has 1 aromatic rings. The molecule has 1 saturated heterocycles. The Morgan fingerprint density at radius 1 is 1.00 bits per heavy atom. The van der Waals surface area contributed by atoms with E-state index in [0.717, 1.165) is 30.4 Å². The van der Waals surface area contributed by atoms with Crippen LogP contribution in [0.25, 0.3) is 0 Å². The zero-order valence-electron chi connectivity index (χ0n) is 25.8. The van der Waals surface area contributed by atoms with Crippen LogP contribution < -0.4 is 10.0 Å². The summed E-state index contributed by atoms with van der Waals surface area (Å²) in [7, 11) is -4.15. The number of nitrogens with one attached hydrogen (secondary N) is 2. The second-order valence-electron chi connectivity index (χ2n) is 13.5. The lowest BCUT2D eigenvalue weighted by atomic mass is 9.91. The van der Waals surface area contributed by atoms with Gasteiger partial charge in [-0.25, -0.2) is 9.52 Å². The summed E-state index contributed by atoms with van der Waals surface area (Å²) in [6, 6.07) is 5.86. The van der Waals surface area contributed by atoms with Crippen molar-refractivity contribution in [2.45, 2.75) is 109 Å². The SMILES string of the molecule is CC(C)(C)OC(=O)N[C@H]1CCCCC/C=C\[C@@H]2C[C@@]2(C(=O)NS(=O)(=O)N2Cc3ccccc3C2)CC(=O)[C@@H]2CCCN2C1=O. The third kappa shape index (κ3) is 7.17. The summed E-state index contributed by atoms with van der Waals surface area (Å²) in [5.41, 5.74) is -0.137. The number of ether oxygens (including phenoxy) is 1. The van der Waals surface area contributed by atoms with Gasteiger partial charge in [0.2, 0.25) is 11.8 Å². The predicted molar refractivity (Wildman–Crippen MR) is 163 cm³/mol. The molecule has 44 heavy (non-hydrogen) atoms. The van der Waals surface area contributed by atoms with E-state index in [1.54, 1.807) is 20.8 Å². The lowest BCUT2D eigenvalue weighted by Crippen LogP contribution is -2.53. The Morgan fingerprint density at radius 2 is 1.70 bits per heavy atom. The highest BCUT2D eigenvalue weighted by molar-refractivity contribution is 7.87. The molecule has 0 unspecified atom stereocenters. The number of carbonyl (C=O) groups is 4. The molecule has 4 aliphatic rings. The summed E-state index contributed by atoms with van der Waals surface area (Å²) in [6.45, 7) is 5.96. The Labute approximate surface area is 259 Å². The zero-order chi connectivity index (χ0) is 31.7. The molecule has 2 N–H and O–H groups in total. The summed E-state index contributed by atoms with van der Waals surface area (Å²) >= 11 is 0. The van der Waals surface area contributed by atoms with Crippen molar-refractivity contribution in [2.24, 2.45) is 11.3 Å². The van der Waals surface area contributed by atoms with Crippen molar-refractivity contribution in [2.75, 3.05) is 6.54 Å². The van der Waals surface area contributed by atoms with E-state index in [1.807, 2.05) is 36.4 Å². The summed E-state index contributed by atoms with van der Waals surface area (Å²) < 4.78 is 35.6. The molecule has 4 atom stereocenters. The third-order valence-corrected chi connectivity index (χ3v) is 10.5. The predicted octanol–water partition coefficient (Wildman–Crippen LogP) is 3.73. The Bertz CT molecular complexity index is 1410. The standard InChI is InChI=1S/C32H44N4O7S/c1-31(2,3)43-30(40)33-25-15-8-6-4-5-7-14-24-18-32(24,19-27(37)26-16-11-17-36(26)28(25)38)29(39)34-44(41,42)35-20-22-12-9-10-13-23(22)21-35/h7,9-10,12-14,24-26H,4-6,8,11,15-21H2,1-3H3,(H,33,40)(H,34,39)/b14-7-/t24-,25+,26+,32-/m1/s1. The molecule has 12 heteroatoms. The topological polar surface area (TPSA) is 142 Å². The van der Waals surface area contributed by atoms with Crippen molar-refractivity contribution in [3.05, 3.63) is 47.5 Å². The van der Waals surface area contributed by atoms with Crippen LogP contribution in [0.1, 0.15) is 89.7 Å². The number of rotatable bonds is 4. The second kappa shape index (κ2) is 12.6. The smallest absolute Gasteiger partial charge is 0.408 e. The molecule has 1 aromatic carbocycles. The van der Waals surface area contributed by atoms with Gasteiger partial charge in [-0.2, -0.15) is 12.7 Å². The highest BCUT2D eigenvalue weighted by atomic mass is 32.2. The molecule has 0 radical (unpaired) electrons. The van der Waals surface area contributed by atoms with Gasteiger partial charge in [-0.15, -0.1) is 0 Å². The first-order chi connectivity index (χ1) is 20.8. The van der Waals surface area contributed by atoms with Gasteiger partial charge in [-0.05, 0) is 76.3 Å². The van der Waals surface area contributed by atoms with Crippen molar-refractivity contribution in [1.82, 2.24) is 19.2 Å². The van der Waals surface area contributed by atoms with Gasteiger partial charge in [0.1, 0.15) is 11.6 Å². The molecule has 240 valence electrons. The monoisotopic (exact) mass is 628 g/mol. The van der Waals surface area contributed by atoms with Crippen LogP contribution in [0.2, 0.25) is 0 Å². The summed E-state index contributed by atoms with van der Waals surface area (Å²) in [4.78, 5) is 55.5. The van der Waals surface area contributed by atoms with E-state index < -0.39 is 45.3 Å². The van der Waals surface area contributed by atoms with Crippen molar-refractivity contribution < 1.29 is 32.3 Å². The molecular weight excluding hydrogens is 584 g/mol. The number of amides is 3. The molecule has 3 heterocycles. The molecular formula is C32H44N4O7S. The van der Waals surface area contributed by atoms with Gasteiger partial charge in [0.25, 0.3) is 0 Å². The highest BCUT2D eigenvalue weighted by Gasteiger charge is 2.61. The molecule has 3 amide bonds. The number of Topliss-reactive ketones (excluding diaryl/α,β-unsaturated/α-hetero) is 1. The fourth-order valence-corrected chi connectivity index (χ4v) is 7.82. The number of carbonyl (C=O) groups excluding carboxylic acids is 4. The molecule has 1 saturated carbocycles. The summed E-state index contributed by atoms with van der Waals surface area (Å²) in [6.07, 6.45) is 8.09. The van der Waals surface area contributed by atoms with Crippen LogP contribution in [0.5, 0.6) is 0 Å². The van der Waals surface area contributed by atoms with E-state index in [-0.39, 0.29) is 37.1 Å². The minimum absolute atomic E-state index is 0.164. The van der Waals surface area contributed by atoms with E-state index in [9.17, 15) is 27.6 Å².